The Bertz CT molecular complexity index is 1460. The minimum atomic E-state index is -3.57. The number of aromatic nitrogens is 4. The van der Waals surface area contributed by atoms with Gasteiger partial charge in [-0.25, -0.2) is 9.97 Å². The van der Waals surface area contributed by atoms with Gasteiger partial charge in [0.1, 0.15) is 11.7 Å². The monoisotopic (exact) mass is 510 g/mol. The van der Waals surface area contributed by atoms with Gasteiger partial charge in [0, 0.05) is 19.8 Å². The fourth-order valence-electron chi connectivity index (χ4n) is 4.41. The van der Waals surface area contributed by atoms with Gasteiger partial charge in [-0.1, -0.05) is 47.7 Å². The third kappa shape index (κ3) is 4.23. The van der Waals surface area contributed by atoms with E-state index in [1.807, 2.05) is 42.2 Å². The summed E-state index contributed by atoms with van der Waals surface area (Å²) in [5.74, 6) is -4.43. The number of pyridine rings is 1. The van der Waals surface area contributed by atoms with Crippen molar-refractivity contribution in [2.45, 2.75) is 37.8 Å². The van der Waals surface area contributed by atoms with Crippen LogP contribution in [0.2, 0.25) is 0 Å². The average molecular weight is 511 g/mol. The Balaban J connectivity index is 1.45. The summed E-state index contributed by atoms with van der Waals surface area (Å²) in [5.41, 5.74) is -0.183. The first-order valence-corrected chi connectivity index (χ1v) is 12.4. The molecule has 11 heteroatoms. The van der Waals surface area contributed by atoms with Crippen LogP contribution in [0.5, 0.6) is 0 Å². The molecule has 0 saturated carbocycles. The van der Waals surface area contributed by atoms with Crippen LogP contribution >= 0.6 is 11.3 Å². The quantitative estimate of drug-likeness (QED) is 0.425. The molecular formula is C25H24F2N6O2S. The van der Waals surface area contributed by atoms with Crippen molar-refractivity contribution in [3.05, 3.63) is 82.2 Å². The lowest BCUT2D eigenvalue weighted by molar-refractivity contribution is -0.122. The summed E-state index contributed by atoms with van der Waals surface area (Å²) in [4.78, 5) is 40.4. The van der Waals surface area contributed by atoms with Gasteiger partial charge in [-0.2, -0.15) is 8.78 Å². The summed E-state index contributed by atoms with van der Waals surface area (Å²) >= 11 is 1.04. The first kappa shape index (κ1) is 24.0. The van der Waals surface area contributed by atoms with E-state index in [1.165, 1.54) is 31.4 Å². The highest BCUT2D eigenvalue weighted by molar-refractivity contribution is 7.21. The summed E-state index contributed by atoms with van der Waals surface area (Å²) in [6, 6.07) is 13.2. The Kier molecular flexibility index (Phi) is 6.25. The summed E-state index contributed by atoms with van der Waals surface area (Å²) in [7, 11) is 1.25. The number of hydrogen-bond acceptors (Lipinski definition) is 7. The molecule has 1 fully saturated rings. The van der Waals surface area contributed by atoms with Crippen LogP contribution in [0.25, 0.3) is 10.3 Å². The van der Waals surface area contributed by atoms with Crippen molar-refractivity contribution >= 4 is 32.7 Å². The number of thiazole rings is 1. The zero-order chi connectivity index (χ0) is 25.4. The van der Waals surface area contributed by atoms with Crippen LogP contribution in [0.3, 0.4) is 0 Å². The smallest absolute Gasteiger partial charge is 0.346 e. The molecule has 186 valence electrons. The number of rotatable bonds is 6. The molecule has 0 aliphatic carbocycles. The molecule has 8 nitrogen and oxygen atoms in total. The second-order valence-corrected chi connectivity index (χ2v) is 9.69. The predicted molar refractivity (Wildman–Crippen MR) is 133 cm³/mol. The van der Waals surface area contributed by atoms with Crippen LogP contribution in [0, 0.1) is 0 Å². The SMILES string of the molecule is C[C@@H](NC(=O)[C@H]1CCCN1c1nc2c(=O)n(C)c(C(F)(F)c3ccccn3)nc2s1)c1ccccc1. The molecule has 1 N–H and O–H groups in total. The van der Waals surface area contributed by atoms with E-state index in [2.05, 4.69) is 20.3 Å². The molecule has 1 aliphatic heterocycles. The largest absolute Gasteiger partial charge is 0.348 e. The molecule has 0 unspecified atom stereocenters. The number of alkyl halides is 2. The Morgan fingerprint density at radius 2 is 1.92 bits per heavy atom. The Hall–Kier alpha value is -3.73. The van der Waals surface area contributed by atoms with E-state index in [1.54, 1.807) is 0 Å². The van der Waals surface area contributed by atoms with E-state index in [4.69, 9.17) is 0 Å². The van der Waals surface area contributed by atoms with E-state index in [-0.39, 0.29) is 22.3 Å². The number of carbonyl (C=O) groups excluding carboxylic acids is 1. The molecule has 4 heterocycles. The van der Waals surface area contributed by atoms with Crippen molar-refractivity contribution in [3.63, 3.8) is 0 Å². The highest BCUT2D eigenvalue weighted by atomic mass is 32.1. The van der Waals surface area contributed by atoms with Crippen LogP contribution in [-0.4, -0.2) is 38.0 Å². The average Bonchev–Trinajstić information content (AvgIpc) is 3.54. The van der Waals surface area contributed by atoms with Gasteiger partial charge in [0.2, 0.25) is 5.91 Å². The maximum absolute atomic E-state index is 15.2. The molecular weight excluding hydrogens is 486 g/mol. The van der Waals surface area contributed by atoms with Crippen molar-refractivity contribution in [1.29, 1.82) is 0 Å². The number of amides is 1. The zero-order valence-corrected chi connectivity index (χ0v) is 20.5. The first-order valence-electron chi connectivity index (χ1n) is 11.6. The molecule has 1 amide bonds. The highest BCUT2D eigenvalue weighted by Crippen LogP contribution is 2.36. The van der Waals surface area contributed by atoms with Gasteiger partial charge in [0.25, 0.3) is 5.56 Å². The highest BCUT2D eigenvalue weighted by Gasteiger charge is 2.41. The number of carbonyl (C=O) groups is 1. The molecule has 1 saturated heterocycles. The normalized spacial score (nSPS) is 16.9. The molecule has 0 spiro atoms. The van der Waals surface area contributed by atoms with Crippen molar-refractivity contribution < 1.29 is 13.6 Å². The van der Waals surface area contributed by atoms with Crippen molar-refractivity contribution in [1.82, 2.24) is 24.8 Å². The lowest BCUT2D eigenvalue weighted by atomic mass is 10.1. The lowest BCUT2D eigenvalue weighted by Gasteiger charge is -2.25. The fraction of sp³-hybridized carbons (Fsp3) is 0.320. The van der Waals surface area contributed by atoms with Crippen LogP contribution in [0.4, 0.5) is 13.9 Å². The number of nitrogens with one attached hydrogen (secondary N) is 1. The number of nitrogens with zero attached hydrogens (tertiary/aromatic N) is 5. The molecule has 1 aliphatic rings. The van der Waals surface area contributed by atoms with Gasteiger partial charge in [-0.15, -0.1) is 0 Å². The third-order valence-electron chi connectivity index (χ3n) is 6.36. The minimum Gasteiger partial charge on any atom is -0.348 e. The van der Waals surface area contributed by atoms with Crippen LogP contribution in [-0.2, 0) is 17.8 Å². The van der Waals surface area contributed by atoms with E-state index in [9.17, 15) is 9.59 Å². The van der Waals surface area contributed by atoms with Crippen LogP contribution in [0.1, 0.15) is 42.9 Å². The van der Waals surface area contributed by atoms with Gasteiger partial charge in [-0.3, -0.25) is 19.1 Å². The maximum atomic E-state index is 15.2. The Morgan fingerprint density at radius 1 is 1.17 bits per heavy atom. The van der Waals surface area contributed by atoms with Gasteiger partial charge in [0.05, 0.1) is 6.04 Å². The van der Waals surface area contributed by atoms with Crippen molar-refractivity contribution in [3.8, 4) is 0 Å². The van der Waals surface area contributed by atoms with Crippen LogP contribution < -0.4 is 15.8 Å². The second kappa shape index (κ2) is 9.38. The summed E-state index contributed by atoms with van der Waals surface area (Å²) in [6.45, 7) is 2.48. The number of fused-ring (bicyclic) bond motifs is 1. The van der Waals surface area contributed by atoms with E-state index in [0.717, 1.165) is 27.9 Å². The van der Waals surface area contributed by atoms with E-state index in [0.29, 0.717) is 18.1 Å². The molecule has 0 radical (unpaired) electrons. The zero-order valence-electron chi connectivity index (χ0n) is 19.7. The van der Waals surface area contributed by atoms with Crippen molar-refractivity contribution in [2.75, 3.05) is 11.4 Å². The van der Waals surface area contributed by atoms with Gasteiger partial charge >= 0.3 is 5.92 Å². The maximum Gasteiger partial charge on any atom is 0.346 e. The second-order valence-electron chi connectivity index (χ2n) is 8.73. The first-order chi connectivity index (χ1) is 17.3. The summed E-state index contributed by atoms with van der Waals surface area (Å²) < 4.78 is 31.3. The molecule has 4 aromatic rings. The predicted octanol–water partition coefficient (Wildman–Crippen LogP) is 3.77. The van der Waals surface area contributed by atoms with Crippen molar-refractivity contribution in [2.24, 2.45) is 7.05 Å². The fourth-order valence-corrected chi connectivity index (χ4v) is 5.42. The summed E-state index contributed by atoms with van der Waals surface area (Å²) in [6.07, 6.45) is 2.65. The van der Waals surface area contributed by atoms with Crippen LogP contribution in [0.15, 0.2) is 59.5 Å². The molecule has 36 heavy (non-hydrogen) atoms. The Morgan fingerprint density at radius 3 is 2.64 bits per heavy atom. The number of halogens is 2. The van der Waals surface area contributed by atoms with Gasteiger partial charge < -0.3 is 10.2 Å². The van der Waals surface area contributed by atoms with E-state index >= 15 is 8.78 Å². The standard InChI is InChI=1S/C25H24F2N6O2S/c1-15(16-9-4-3-5-10-16)29-20(34)17-11-8-14-33(17)24-30-19-21(36-24)31-23(32(2)22(19)35)25(26,27)18-12-6-7-13-28-18/h3-7,9-10,12-13,15,17H,8,11,14H2,1-2H3,(H,29,34)/t15-,17-/m1/s1. The lowest BCUT2D eigenvalue weighted by Crippen LogP contribution is -2.44. The number of benzene rings is 1. The topological polar surface area (TPSA) is 93.0 Å². The molecule has 3 aromatic heterocycles. The van der Waals surface area contributed by atoms with Gasteiger partial charge in [-0.05, 0) is 37.5 Å². The number of hydrogen-bond donors (Lipinski definition) is 1. The molecule has 0 bridgehead atoms. The minimum absolute atomic E-state index is 0.00165. The Labute approximate surface area is 209 Å². The van der Waals surface area contributed by atoms with E-state index < -0.39 is 29.0 Å². The molecule has 5 rings (SSSR count). The third-order valence-corrected chi connectivity index (χ3v) is 7.34. The number of anilines is 1. The van der Waals surface area contributed by atoms with Gasteiger partial charge in [0.15, 0.2) is 21.3 Å². The molecule has 1 aromatic carbocycles. The molecule has 2 atom stereocenters. The summed E-state index contributed by atoms with van der Waals surface area (Å²) in [5, 5.41) is 3.46.